The van der Waals surface area contributed by atoms with Crippen LogP contribution in [0.1, 0.15) is 76.8 Å². The van der Waals surface area contributed by atoms with Crippen molar-refractivity contribution in [3.8, 4) is 0 Å². The van der Waals surface area contributed by atoms with Crippen molar-refractivity contribution in [1.29, 1.82) is 0 Å². The number of likely N-dealkylation sites (N-methyl/N-ethyl adjacent to an activating group) is 1. The van der Waals surface area contributed by atoms with Crippen LogP contribution in [0.15, 0.2) is 48.1 Å². The summed E-state index contributed by atoms with van der Waals surface area (Å²) in [5.74, 6) is -3.94. The number of aliphatic hydroxyl groups excluding tert-OH is 3. The second kappa shape index (κ2) is 12.3. The maximum Gasteiger partial charge on any atom is 0.331 e. The van der Waals surface area contributed by atoms with Gasteiger partial charge in [0, 0.05) is 41.7 Å². The van der Waals surface area contributed by atoms with Gasteiger partial charge in [0.25, 0.3) is 0 Å². The Balaban J connectivity index is 1.25. The summed E-state index contributed by atoms with van der Waals surface area (Å²) in [6.07, 6.45) is 6.05. The molecule has 16 atom stereocenters. The molecule has 1 aliphatic heterocycles. The van der Waals surface area contributed by atoms with Crippen LogP contribution in [0, 0.1) is 58.2 Å². The highest BCUT2D eigenvalue weighted by atomic mass is 16.5. The van der Waals surface area contributed by atoms with E-state index >= 15 is 0 Å². The normalized spacial score (nSPS) is 49.0. The monoisotopic (exact) mass is 719 g/mol. The first-order chi connectivity index (χ1) is 24.6. The van der Waals surface area contributed by atoms with Gasteiger partial charge in [0.05, 0.1) is 29.8 Å². The van der Waals surface area contributed by atoms with Crippen LogP contribution in [0.2, 0.25) is 0 Å². The summed E-state index contributed by atoms with van der Waals surface area (Å²) >= 11 is 0. The quantitative estimate of drug-likeness (QED) is 0.114. The molecule has 5 saturated carbocycles. The highest BCUT2D eigenvalue weighted by molar-refractivity contribution is 5.86. The van der Waals surface area contributed by atoms with E-state index in [9.17, 15) is 40.2 Å². The van der Waals surface area contributed by atoms with Crippen LogP contribution in [0.5, 0.6) is 0 Å². The summed E-state index contributed by atoms with van der Waals surface area (Å²) in [5, 5.41) is 77.5. The number of benzene rings is 1. The summed E-state index contributed by atoms with van der Waals surface area (Å²) in [4.78, 5) is 27.0. The predicted molar refractivity (Wildman–Crippen MR) is 191 cm³/mol. The lowest BCUT2D eigenvalue weighted by Gasteiger charge is -2.75. The van der Waals surface area contributed by atoms with Gasteiger partial charge in [0.15, 0.2) is 0 Å². The molecule has 1 heterocycles. The molecule has 0 unspecified atom stereocenters. The van der Waals surface area contributed by atoms with E-state index in [4.69, 9.17) is 4.74 Å². The second-order valence-electron chi connectivity index (χ2n) is 18.4. The zero-order chi connectivity index (χ0) is 37.2. The molecule has 8 rings (SSSR count). The Morgan fingerprint density at radius 2 is 1.77 bits per heavy atom. The summed E-state index contributed by atoms with van der Waals surface area (Å²) < 4.78 is 6.10. The third-order valence-electron chi connectivity index (χ3n) is 15.9. The van der Waals surface area contributed by atoms with Crippen molar-refractivity contribution in [2.24, 2.45) is 58.2 Å². The Labute approximate surface area is 306 Å². The molecule has 0 bridgehead atoms. The molecule has 7 N–H and O–H groups in total. The van der Waals surface area contributed by atoms with E-state index in [1.807, 2.05) is 64.2 Å². The van der Waals surface area contributed by atoms with E-state index < -0.39 is 75.6 Å². The SMILES string of the molecule is CN[C@H](Cc1ccccc1CO)[C@@H]1C[C@@H]2C[C@]3(O)[C@]4(O)[C@@H](O)[C@H](CCC(C)C)[C@]5(O)C[C@@H](O)C[C@@H]6C=C[C@H](C[C@]3(C)[C@H]2C2=CC(=O)O[C@H]21)[C@@H]4[C@@]65C=O. The molecule has 7 aliphatic rings. The van der Waals surface area contributed by atoms with Crippen LogP contribution in [0.4, 0.5) is 0 Å². The number of ether oxygens (including phenoxy) is 1. The van der Waals surface area contributed by atoms with Gasteiger partial charge in [-0.25, -0.2) is 4.79 Å². The smallest absolute Gasteiger partial charge is 0.331 e. The Bertz CT molecular complexity index is 1680. The van der Waals surface area contributed by atoms with Crippen molar-refractivity contribution in [3.63, 3.8) is 0 Å². The first-order valence-corrected chi connectivity index (χ1v) is 19.6. The molecular weight excluding hydrogens is 662 g/mol. The predicted octanol–water partition coefficient (Wildman–Crippen LogP) is 2.61. The number of aliphatic hydroxyl groups is 6. The third-order valence-corrected chi connectivity index (χ3v) is 15.9. The van der Waals surface area contributed by atoms with Crippen molar-refractivity contribution in [2.45, 2.75) is 120 Å². The van der Waals surface area contributed by atoms with Crippen LogP contribution >= 0.6 is 0 Å². The second-order valence-corrected chi connectivity index (χ2v) is 18.4. The standard InChI is InChI=1S/C42H57NO9/c1-22(2)9-12-31-37(48)42(51)36-24(10-11-27-15-28(46)19-40(31,49)39(27,36)21-45)17-38(3)34-26(18-41(38,42)50)13-29(35-30(34)16-33(47)52-35)32(43-4)14-23-7-5-6-8-25(23)20-44/h5-8,10-11,16,21-22,24,26-29,31-32,34-37,43-44,46,48-51H,9,12-15,17-20H2,1-4H3/t24-,26-,27+,28+,29+,31+,32-,34-,35+,36-,37+,38-,39-,40-,41-,42-/m1/s1. The van der Waals surface area contributed by atoms with Crippen molar-refractivity contribution in [1.82, 2.24) is 5.32 Å². The first kappa shape index (κ1) is 36.5. The minimum atomic E-state index is -2.18. The van der Waals surface area contributed by atoms with Gasteiger partial charge in [-0.15, -0.1) is 0 Å². The van der Waals surface area contributed by atoms with Crippen molar-refractivity contribution in [2.75, 3.05) is 7.05 Å². The molecule has 0 saturated heterocycles. The lowest BCUT2D eigenvalue weighted by atomic mass is 9.32. The first-order valence-electron chi connectivity index (χ1n) is 19.6. The molecule has 0 amide bonds. The number of carbonyl (C=O) groups excluding carboxylic acids is 2. The lowest BCUT2D eigenvalue weighted by Crippen LogP contribution is -2.86. The summed E-state index contributed by atoms with van der Waals surface area (Å²) in [7, 11) is 1.88. The number of aldehydes is 1. The van der Waals surface area contributed by atoms with Crippen LogP contribution < -0.4 is 5.32 Å². The van der Waals surface area contributed by atoms with Gasteiger partial charge in [-0.05, 0) is 91.9 Å². The van der Waals surface area contributed by atoms with E-state index in [-0.39, 0.29) is 55.6 Å². The van der Waals surface area contributed by atoms with Gasteiger partial charge in [-0.1, -0.05) is 63.6 Å². The molecule has 1 aromatic carbocycles. The summed E-state index contributed by atoms with van der Waals surface area (Å²) in [6.45, 7) is 5.98. The number of allylic oxidation sites excluding steroid dienone is 2. The molecule has 1 aromatic rings. The molecular formula is C42H57NO9. The minimum absolute atomic E-state index is 0.0866. The van der Waals surface area contributed by atoms with Crippen LogP contribution in [0.25, 0.3) is 0 Å². The largest absolute Gasteiger partial charge is 0.454 e. The third kappa shape index (κ3) is 4.49. The van der Waals surface area contributed by atoms with Gasteiger partial charge in [0.2, 0.25) is 0 Å². The Kier molecular flexibility index (Phi) is 8.63. The number of hydrogen-bond acceptors (Lipinski definition) is 10. The highest BCUT2D eigenvalue weighted by Gasteiger charge is 2.86. The van der Waals surface area contributed by atoms with Crippen molar-refractivity contribution >= 4 is 12.3 Å². The van der Waals surface area contributed by atoms with E-state index in [1.165, 1.54) is 0 Å². The molecule has 0 spiro atoms. The van der Waals surface area contributed by atoms with E-state index in [1.54, 1.807) is 6.08 Å². The maximum absolute atomic E-state index is 13.8. The van der Waals surface area contributed by atoms with Crippen LogP contribution in [-0.2, 0) is 27.4 Å². The Morgan fingerprint density at radius 1 is 1.04 bits per heavy atom. The summed E-state index contributed by atoms with van der Waals surface area (Å²) in [5.41, 5.74) is -5.78. The van der Waals surface area contributed by atoms with E-state index in [0.717, 1.165) is 23.0 Å². The number of fused-ring (bicyclic) bond motifs is 6. The molecule has 6 aliphatic carbocycles. The van der Waals surface area contributed by atoms with Crippen LogP contribution in [0.3, 0.4) is 0 Å². The molecule has 52 heavy (non-hydrogen) atoms. The molecule has 10 nitrogen and oxygen atoms in total. The van der Waals surface area contributed by atoms with Gasteiger partial charge in [0.1, 0.15) is 23.6 Å². The number of hydrogen-bond donors (Lipinski definition) is 7. The van der Waals surface area contributed by atoms with Gasteiger partial charge in [-0.2, -0.15) is 0 Å². The van der Waals surface area contributed by atoms with Crippen molar-refractivity contribution < 1.29 is 45.0 Å². The van der Waals surface area contributed by atoms with Crippen molar-refractivity contribution in [3.05, 3.63) is 59.2 Å². The fraction of sp³-hybridized carbons (Fsp3) is 0.714. The van der Waals surface area contributed by atoms with Gasteiger partial charge in [-0.3, -0.25) is 0 Å². The topological polar surface area (TPSA) is 177 Å². The maximum atomic E-state index is 13.8. The van der Waals surface area contributed by atoms with Crippen LogP contribution in [-0.4, -0.2) is 91.1 Å². The fourth-order valence-corrected chi connectivity index (χ4v) is 14.0. The lowest BCUT2D eigenvalue weighted by molar-refractivity contribution is -0.379. The molecule has 10 heteroatoms. The van der Waals surface area contributed by atoms with E-state index in [2.05, 4.69) is 5.32 Å². The number of rotatable bonds is 9. The zero-order valence-corrected chi connectivity index (χ0v) is 30.8. The molecule has 5 fully saturated rings. The Hall–Kier alpha value is -2.44. The number of esters is 1. The average Bonchev–Trinajstić information content (AvgIpc) is 3.59. The molecule has 0 radical (unpaired) electrons. The minimum Gasteiger partial charge on any atom is -0.454 e. The zero-order valence-electron chi connectivity index (χ0n) is 30.8. The number of nitrogens with one attached hydrogen (secondary N) is 1. The fourth-order valence-electron chi connectivity index (χ4n) is 14.0. The molecule has 0 aromatic heterocycles. The van der Waals surface area contributed by atoms with Gasteiger partial charge >= 0.3 is 5.97 Å². The highest BCUT2D eigenvalue weighted by Crippen LogP contribution is 2.78. The number of carbonyl (C=O) groups is 2. The molecule has 284 valence electrons. The van der Waals surface area contributed by atoms with Gasteiger partial charge < -0.3 is 45.5 Å². The average molecular weight is 720 g/mol. The summed E-state index contributed by atoms with van der Waals surface area (Å²) in [6, 6.07) is 7.60. The van der Waals surface area contributed by atoms with E-state index in [0.29, 0.717) is 32.1 Å². The Morgan fingerprint density at radius 3 is 2.44 bits per heavy atom.